The van der Waals surface area contributed by atoms with Crippen LogP contribution in [0.15, 0.2) is 82.9 Å². The molecule has 2 aliphatic carbocycles. The van der Waals surface area contributed by atoms with Gasteiger partial charge in [0.1, 0.15) is 12.2 Å². The minimum Gasteiger partial charge on any atom is -0.512 e. The molecule has 0 saturated carbocycles. The Morgan fingerprint density at radius 1 is 1.18 bits per heavy atom. The number of fused-ring (bicyclic) bond motifs is 1. The number of aliphatic hydroxyl groups excluding tert-OH is 1. The van der Waals surface area contributed by atoms with Crippen molar-refractivity contribution in [2.45, 2.75) is 85.4 Å². The summed E-state index contributed by atoms with van der Waals surface area (Å²) in [7, 11) is 0. The van der Waals surface area contributed by atoms with E-state index in [4.69, 9.17) is 4.74 Å². The van der Waals surface area contributed by atoms with Crippen LogP contribution in [-0.4, -0.2) is 40.6 Å². The van der Waals surface area contributed by atoms with Gasteiger partial charge in [-0.15, -0.1) is 0 Å². The molecule has 1 aliphatic heterocycles. The molecule has 40 heavy (non-hydrogen) atoms. The van der Waals surface area contributed by atoms with Crippen LogP contribution in [0.3, 0.4) is 0 Å². The first kappa shape index (κ1) is 31.0. The van der Waals surface area contributed by atoms with Crippen molar-refractivity contribution in [2.24, 2.45) is 11.3 Å². The van der Waals surface area contributed by atoms with E-state index < -0.39 is 11.5 Å². The minimum absolute atomic E-state index is 0.0132. The minimum atomic E-state index is -0.597. The van der Waals surface area contributed by atoms with Crippen molar-refractivity contribution in [1.82, 2.24) is 5.32 Å². The molecule has 1 amide bonds. The number of aliphatic hydroxyl groups is 1. The van der Waals surface area contributed by atoms with Crippen LogP contribution in [-0.2, 0) is 23.9 Å². The molecule has 7 heteroatoms. The van der Waals surface area contributed by atoms with Gasteiger partial charge in [-0.3, -0.25) is 19.2 Å². The molecule has 2 N–H and O–H groups in total. The lowest BCUT2D eigenvalue weighted by Gasteiger charge is -2.25. The van der Waals surface area contributed by atoms with E-state index >= 15 is 0 Å². The van der Waals surface area contributed by atoms with Crippen molar-refractivity contribution in [3.05, 3.63) is 82.9 Å². The van der Waals surface area contributed by atoms with Crippen molar-refractivity contribution in [1.29, 1.82) is 0 Å². The highest BCUT2D eigenvalue weighted by molar-refractivity contribution is 6.07. The Balaban J connectivity index is 1.60. The summed E-state index contributed by atoms with van der Waals surface area (Å²) < 4.78 is 5.65. The first-order chi connectivity index (χ1) is 18.9. The lowest BCUT2D eigenvalue weighted by molar-refractivity contribution is -0.121. The zero-order valence-electron chi connectivity index (χ0n) is 24.2. The van der Waals surface area contributed by atoms with Crippen LogP contribution in [0.1, 0.15) is 73.1 Å². The summed E-state index contributed by atoms with van der Waals surface area (Å²) in [6, 6.07) is 0. The van der Waals surface area contributed by atoms with Gasteiger partial charge in [0.15, 0.2) is 11.6 Å². The van der Waals surface area contributed by atoms with E-state index in [2.05, 4.69) is 25.2 Å². The van der Waals surface area contributed by atoms with Crippen LogP contribution in [0.25, 0.3) is 0 Å². The fourth-order valence-corrected chi connectivity index (χ4v) is 5.06. The van der Waals surface area contributed by atoms with Crippen LogP contribution in [0, 0.1) is 11.3 Å². The number of carbonyl (C=O) groups excluding carboxylic acids is 4. The van der Waals surface area contributed by atoms with Crippen LogP contribution in [0.5, 0.6) is 0 Å². The molecule has 0 radical (unpaired) electrons. The van der Waals surface area contributed by atoms with Gasteiger partial charge in [0.2, 0.25) is 5.78 Å². The third-order valence-electron chi connectivity index (χ3n) is 7.39. The molecule has 0 aromatic heterocycles. The molecular formula is C33H41NO6. The van der Waals surface area contributed by atoms with Crippen LogP contribution >= 0.6 is 0 Å². The highest BCUT2D eigenvalue weighted by Crippen LogP contribution is 2.46. The van der Waals surface area contributed by atoms with Crippen molar-refractivity contribution in [3.8, 4) is 0 Å². The summed E-state index contributed by atoms with van der Waals surface area (Å²) in [4.78, 5) is 49.4. The summed E-state index contributed by atoms with van der Waals surface area (Å²) in [6.07, 6.45) is 18.8. The number of carbonyl (C=O) groups is 4. The third kappa shape index (κ3) is 8.21. The number of epoxide rings is 1. The Hall–Kier alpha value is -3.58. The van der Waals surface area contributed by atoms with E-state index in [1.165, 1.54) is 12.5 Å². The number of Topliss-reactive ketones (excluding diaryl/α,β-unsaturated/α-hetero) is 2. The number of allylic oxidation sites excluding steroid dienone is 10. The van der Waals surface area contributed by atoms with Crippen molar-refractivity contribution in [3.63, 3.8) is 0 Å². The van der Waals surface area contributed by atoms with E-state index in [0.717, 1.165) is 18.4 Å². The maximum atomic E-state index is 12.9. The number of rotatable bonds is 13. The van der Waals surface area contributed by atoms with Gasteiger partial charge in [0.25, 0.3) is 5.91 Å². The first-order valence-electron chi connectivity index (χ1n) is 14.0. The molecule has 1 heterocycles. The van der Waals surface area contributed by atoms with Gasteiger partial charge in [-0.05, 0) is 45.3 Å². The largest absolute Gasteiger partial charge is 0.512 e. The van der Waals surface area contributed by atoms with Gasteiger partial charge in [-0.25, -0.2) is 0 Å². The Morgan fingerprint density at radius 2 is 1.90 bits per heavy atom. The van der Waals surface area contributed by atoms with Gasteiger partial charge in [0.05, 0.1) is 11.5 Å². The Labute approximate surface area is 237 Å². The lowest BCUT2D eigenvalue weighted by Crippen LogP contribution is -2.37. The first-order valence-corrected chi connectivity index (χ1v) is 14.0. The predicted octanol–water partition coefficient (Wildman–Crippen LogP) is 5.86. The second-order valence-corrected chi connectivity index (χ2v) is 11.2. The highest BCUT2D eigenvalue weighted by atomic mass is 16.6. The van der Waals surface area contributed by atoms with E-state index in [1.54, 1.807) is 37.3 Å². The molecule has 0 aromatic carbocycles. The topological polar surface area (TPSA) is 113 Å². The van der Waals surface area contributed by atoms with Crippen LogP contribution in [0.2, 0.25) is 0 Å². The molecule has 0 bridgehead atoms. The fourth-order valence-electron chi connectivity index (χ4n) is 5.06. The zero-order chi connectivity index (χ0) is 29.4. The molecule has 3 aliphatic rings. The SMILES string of the molecule is CCCC[C@@H](C)/C=C(C)/C=C(\C)C(=O)NC1=C[C@@](C)(/C=C/C=C/C=C/C(=O)CC2=C(O)CCC2=O)[C@@H]2O[C@@H]2C1=O. The van der Waals surface area contributed by atoms with Gasteiger partial charge < -0.3 is 15.2 Å². The molecule has 4 atom stereocenters. The molecule has 7 nitrogen and oxygen atoms in total. The average molecular weight is 548 g/mol. The molecule has 214 valence electrons. The smallest absolute Gasteiger partial charge is 0.251 e. The molecule has 0 unspecified atom stereocenters. The molecule has 3 rings (SSSR count). The normalized spacial score (nSPS) is 26.2. The standard InChI is InChI=1S/C33H41NO6/c1-6-7-12-21(2)17-22(3)18-23(4)32(39)34-26-20-33(5,31-30(40-31)29(26)38)16-11-9-8-10-13-24(35)19-25-27(36)14-15-28(25)37/h8-11,13,16-18,20-21,30-31,36H,6-7,12,14-15,19H2,1-5H3,(H,34,39)/b9-8+,13-10+,16-11+,22-17+,23-18+/t21-,30-,31-,33-/m1/s1. The van der Waals surface area contributed by atoms with Crippen LogP contribution in [0.4, 0.5) is 0 Å². The maximum absolute atomic E-state index is 12.9. The number of hydrogen-bond donors (Lipinski definition) is 2. The lowest BCUT2D eigenvalue weighted by atomic mass is 9.78. The maximum Gasteiger partial charge on any atom is 0.251 e. The van der Waals surface area contributed by atoms with Gasteiger partial charge in [0, 0.05) is 35.8 Å². The molecule has 0 spiro atoms. The number of unbranched alkanes of at least 4 members (excludes halogenated alkanes) is 1. The second kappa shape index (κ2) is 13.7. The molecule has 0 aromatic rings. The van der Waals surface area contributed by atoms with Crippen molar-refractivity contribution in [2.75, 3.05) is 0 Å². The van der Waals surface area contributed by atoms with Gasteiger partial charge in [-0.1, -0.05) is 74.8 Å². The van der Waals surface area contributed by atoms with E-state index in [0.29, 0.717) is 17.9 Å². The Morgan fingerprint density at radius 3 is 2.58 bits per heavy atom. The predicted molar refractivity (Wildman–Crippen MR) is 155 cm³/mol. The third-order valence-corrected chi connectivity index (χ3v) is 7.39. The highest BCUT2D eigenvalue weighted by Gasteiger charge is 2.58. The summed E-state index contributed by atoms with van der Waals surface area (Å²) in [5.74, 6) is -0.535. The van der Waals surface area contributed by atoms with Crippen LogP contribution < -0.4 is 5.32 Å². The number of hydrogen-bond acceptors (Lipinski definition) is 6. The van der Waals surface area contributed by atoms with Crippen molar-refractivity contribution >= 4 is 23.3 Å². The summed E-state index contributed by atoms with van der Waals surface area (Å²) in [5.41, 5.74) is 1.38. The summed E-state index contributed by atoms with van der Waals surface area (Å²) >= 11 is 0. The van der Waals surface area contributed by atoms with E-state index in [1.807, 2.05) is 26.0 Å². The number of nitrogens with one attached hydrogen (secondary N) is 1. The summed E-state index contributed by atoms with van der Waals surface area (Å²) in [5, 5.41) is 12.5. The van der Waals surface area contributed by atoms with Gasteiger partial charge in [-0.2, -0.15) is 0 Å². The number of ether oxygens (including phenoxy) is 1. The molecule has 1 fully saturated rings. The van der Waals surface area contributed by atoms with E-state index in [-0.39, 0.29) is 59.2 Å². The Bertz CT molecular complexity index is 1260. The monoisotopic (exact) mass is 547 g/mol. The van der Waals surface area contributed by atoms with Crippen molar-refractivity contribution < 1.29 is 29.0 Å². The zero-order valence-corrected chi connectivity index (χ0v) is 24.2. The number of amides is 1. The average Bonchev–Trinajstić information content (AvgIpc) is 3.66. The second-order valence-electron chi connectivity index (χ2n) is 11.2. The quantitative estimate of drug-likeness (QED) is 0.170. The fraction of sp³-hybridized carbons (Fsp3) is 0.455. The van der Waals surface area contributed by atoms with Gasteiger partial charge >= 0.3 is 0 Å². The molecule has 1 saturated heterocycles. The summed E-state index contributed by atoms with van der Waals surface area (Å²) in [6.45, 7) is 9.99. The molecular weight excluding hydrogens is 506 g/mol. The van der Waals surface area contributed by atoms with E-state index in [9.17, 15) is 24.3 Å². The number of ketones is 3. The Kier molecular flexibility index (Phi) is 10.6.